The Bertz CT molecular complexity index is 1710. The van der Waals surface area contributed by atoms with Gasteiger partial charge in [-0.1, -0.05) is 121 Å². The summed E-state index contributed by atoms with van der Waals surface area (Å²) in [5, 5.41) is 18.4. The van der Waals surface area contributed by atoms with Crippen LogP contribution in [-0.4, -0.2) is 53.3 Å². The molecule has 3 amide bonds. The van der Waals surface area contributed by atoms with Gasteiger partial charge < -0.3 is 30.5 Å². The van der Waals surface area contributed by atoms with Crippen LogP contribution in [0.15, 0.2) is 127 Å². The molecule has 10 heteroatoms. The lowest BCUT2D eigenvalue weighted by Gasteiger charge is -2.37. The van der Waals surface area contributed by atoms with E-state index in [1.807, 2.05) is 91.0 Å². The van der Waals surface area contributed by atoms with Crippen LogP contribution in [0.4, 0.5) is 4.79 Å². The van der Waals surface area contributed by atoms with E-state index in [4.69, 9.17) is 9.47 Å². The molecule has 0 aliphatic heterocycles. The van der Waals surface area contributed by atoms with E-state index in [1.165, 1.54) is 12.2 Å². The molecule has 0 spiro atoms. The molecule has 2 atom stereocenters. The summed E-state index contributed by atoms with van der Waals surface area (Å²) in [4.78, 5) is 53.2. The van der Waals surface area contributed by atoms with Gasteiger partial charge in [0.2, 0.25) is 11.8 Å². The molecule has 4 rings (SSSR count). The maximum atomic E-state index is 14.1. The fourth-order valence-electron chi connectivity index (χ4n) is 5.90. The third kappa shape index (κ3) is 11.9. The molecule has 0 aliphatic carbocycles. The minimum absolute atomic E-state index is 0.0286. The van der Waals surface area contributed by atoms with E-state index in [2.05, 4.69) is 16.0 Å². The normalized spacial score (nSPS) is 12.7. The molecule has 0 unspecified atom stereocenters. The fourth-order valence-corrected chi connectivity index (χ4v) is 5.90. The molecule has 0 aliphatic rings. The number of nitrogens with one attached hydrogen (secondary N) is 3. The second kappa shape index (κ2) is 19.2. The van der Waals surface area contributed by atoms with Crippen LogP contribution in [0, 0.1) is 0 Å². The van der Waals surface area contributed by atoms with Gasteiger partial charge in [-0.25, -0.2) is 9.59 Å². The Morgan fingerprint density at radius 1 is 0.736 bits per heavy atom. The zero-order chi connectivity index (χ0) is 38.3. The average Bonchev–Trinajstić information content (AvgIpc) is 3.15. The summed E-state index contributed by atoms with van der Waals surface area (Å²) in [6.07, 6.45) is 2.13. The highest BCUT2D eigenvalue weighted by molar-refractivity contribution is 5.87. The smallest absolute Gasteiger partial charge is 0.408 e. The number of benzene rings is 4. The first-order valence-corrected chi connectivity index (χ1v) is 17.7. The second-order valence-corrected chi connectivity index (χ2v) is 13.5. The van der Waals surface area contributed by atoms with Crippen molar-refractivity contribution < 1.29 is 33.8 Å². The molecule has 4 aromatic carbocycles. The lowest BCUT2D eigenvalue weighted by atomic mass is 9.77. The fraction of sp³-hybridized carbons (Fsp3) is 0.302. The number of ether oxygens (including phenoxy) is 2. The third-order valence-electron chi connectivity index (χ3n) is 8.36. The summed E-state index contributed by atoms with van der Waals surface area (Å²) in [5.74, 6) is -1.44. The summed E-state index contributed by atoms with van der Waals surface area (Å²) >= 11 is 0. The highest BCUT2D eigenvalue weighted by Crippen LogP contribution is 2.37. The molecule has 53 heavy (non-hydrogen) atoms. The summed E-state index contributed by atoms with van der Waals surface area (Å²) in [5.41, 5.74) is 2.18. The highest BCUT2D eigenvalue weighted by Gasteiger charge is 2.38. The zero-order valence-corrected chi connectivity index (χ0v) is 30.7. The quantitative estimate of drug-likeness (QED) is 0.0622. The van der Waals surface area contributed by atoms with Gasteiger partial charge in [0.15, 0.2) is 0 Å². The summed E-state index contributed by atoms with van der Waals surface area (Å²) in [6, 6.07) is 34.3. The number of esters is 1. The van der Waals surface area contributed by atoms with Crippen LogP contribution in [0.2, 0.25) is 0 Å². The van der Waals surface area contributed by atoms with Crippen LogP contribution in [0.5, 0.6) is 0 Å². The van der Waals surface area contributed by atoms with Gasteiger partial charge in [0.05, 0.1) is 13.2 Å². The SMILES string of the molecule is CCOC(=O)/C=C/[C@H](CCC(=O)NC(c1ccccc1)(c1ccccc1)c1ccccc1)NC(=O)[C@H](Cc1ccc(CO)cc1)NC(=O)OC(C)(C)C. The predicted octanol–water partition coefficient (Wildman–Crippen LogP) is 6.11. The molecular weight excluding hydrogens is 670 g/mol. The Balaban J connectivity index is 1.61. The Labute approximate surface area is 311 Å². The standard InChI is InChI=1S/C43H49N3O7/c1-5-52-39(49)28-26-36(44-40(50)37(45-41(51)53-42(2,3)4)29-31-21-23-32(30-47)24-22-31)25-27-38(48)46-43(33-15-9-6-10-16-33,34-17-11-7-12-18-34)35-19-13-8-14-20-35/h6-24,26,28,36-37,47H,5,25,27,29-30H2,1-4H3,(H,44,50)(H,45,51)(H,46,48)/b28-26+/t36-,37-/m0/s1. The van der Waals surface area contributed by atoms with Crippen molar-refractivity contribution in [3.63, 3.8) is 0 Å². The van der Waals surface area contributed by atoms with Crippen LogP contribution in [0.25, 0.3) is 0 Å². The van der Waals surface area contributed by atoms with E-state index >= 15 is 0 Å². The summed E-state index contributed by atoms with van der Waals surface area (Å²) in [6.45, 7) is 6.88. The van der Waals surface area contributed by atoms with Crippen LogP contribution in [0.1, 0.15) is 68.4 Å². The Hall–Kier alpha value is -5.74. The maximum Gasteiger partial charge on any atom is 0.408 e. The van der Waals surface area contributed by atoms with E-state index in [-0.39, 0.29) is 38.4 Å². The van der Waals surface area contributed by atoms with Gasteiger partial charge >= 0.3 is 12.1 Å². The van der Waals surface area contributed by atoms with Gasteiger partial charge in [-0.15, -0.1) is 0 Å². The van der Waals surface area contributed by atoms with E-state index in [1.54, 1.807) is 52.0 Å². The number of amides is 3. The van der Waals surface area contributed by atoms with E-state index in [9.17, 15) is 24.3 Å². The first kappa shape index (κ1) is 40.0. The van der Waals surface area contributed by atoms with Gasteiger partial charge in [0.1, 0.15) is 17.2 Å². The number of aliphatic hydroxyl groups is 1. The third-order valence-corrected chi connectivity index (χ3v) is 8.36. The lowest BCUT2D eigenvalue weighted by molar-refractivity contribution is -0.137. The first-order valence-electron chi connectivity index (χ1n) is 17.7. The van der Waals surface area contributed by atoms with Crippen molar-refractivity contribution in [1.29, 1.82) is 0 Å². The zero-order valence-electron chi connectivity index (χ0n) is 30.7. The van der Waals surface area contributed by atoms with Gasteiger partial charge in [0, 0.05) is 25.0 Å². The predicted molar refractivity (Wildman–Crippen MR) is 204 cm³/mol. The Morgan fingerprint density at radius 3 is 1.72 bits per heavy atom. The van der Waals surface area contributed by atoms with Crippen molar-refractivity contribution in [2.24, 2.45) is 0 Å². The van der Waals surface area contributed by atoms with Crippen LogP contribution >= 0.6 is 0 Å². The van der Waals surface area contributed by atoms with Gasteiger partial charge in [-0.2, -0.15) is 0 Å². The van der Waals surface area contributed by atoms with Crippen molar-refractivity contribution >= 4 is 23.9 Å². The molecule has 0 saturated heterocycles. The van der Waals surface area contributed by atoms with Crippen LogP contribution < -0.4 is 16.0 Å². The Kier molecular flexibility index (Phi) is 14.5. The van der Waals surface area contributed by atoms with E-state index < -0.39 is 41.2 Å². The molecule has 0 aromatic heterocycles. The number of hydrogen-bond acceptors (Lipinski definition) is 7. The molecule has 0 fully saturated rings. The van der Waals surface area contributed by atoms with E-state index in [0.29, 0.717) is 5.56 Å². The van der Waals surface area contributed by atoms with Crippen molar-refractivity contribution in [3.8, 4) is 0 Å². The van der Waals surface area contributed by atoms with Crippen LogP contribution in [-0.2, 0) is 42.4 Å². The number of carbonyl (C=O) groups excluding carboxylic acids is 4. The molecule has 0 radical (unpaired) electrons. The van der Waals surface area contributed by atoms with Crippen molar-refractivity contribution in [1.82, 2.24) is 16.0 Å². The summed E-state index contributed by atoms with van der Waals surface area (Å²) in [7, 11) is 0. The number of carbonyl (C=O) groups is 4. The minimum Gasteiger partial charge on any atom is -0.463 e. The molecule has 10 nitrogen and oxygen atoms in total. The molecule has 4 N–H and O–H groups in total. The first-order chi connectivity index (χ1) is 25.4. The average molecular weight is 720 g/mol. The van der Waals surface area contributed by atoms with Crippen molar-refractivity contribution in [3.05, 3.63) is 155 Å². The number of rotatable bonds is 16. The lowest BCUT2D eigenvalue weighted by Crippen LogP contribution is -2.51. The summed E-state index contributed by atoms with van der Waals surface area (Å²) < 4.78 is 10.5. The number of alkyl carbamates (subject to hydrolysis) is 1. The van der Waals surface area contributed by atoms with Gasteiger partial charge in [0.25, 0.3) is 0 Å². The largest absolute Gasteiger partial charge is 0.463 e. The number of hydrogen-bond donors (Lipinski definition) is 4. The monoisotopic (exact) mass is 719 g/mol. The van der Waals surface area contributed by atoms with Gasteiger partial charge in [-0.05, 0) is 61.9 Å². The Morgan fingerprint density at radius 2 is 1.25 bits per heavy atom. The second-order valence-electron chi connectivity index (χ2n) is 13.5. The molecule has 0 bridgehead atoms. The molecule has 4 aromatic rings. The topological polar surface area (TPSA) is 143 Å². The van der Waals surface area contributed by atoms with Crippen LogP contribution in [0.3, 0.4) is 0 Å². The molecule has 0 saturated carbocycles. The van der Waals surface area contributed by atoms with Crippen molar-refractivity contribution in [2.75, 3.05) is 6.61 Å². The van der Waals surface area contributed by atoms with Gasteiger partial charge in [-0.3, -0.25) is 9.59 Å². The van der Waals surface area contributed by atoms with Crippen molar-refractivity contribution in [2.45, 2.75) is 76.8 Å². The molecule has 278 valence electrons. The highest BCUT2D eigenvalue weighted by atomic mass is 16.6. The molecular formula is C43H49N3O7. The maximum absolute atomic E-state index is 14.1. The number of aliphatic hydroxyl groups excluding tert-OH is 1. The van der Waals surface area contributed by atoms with E-state index in [0.717, 1.165) is 22.3 Å². The molecule has 0 heterocycles. The minimum atomic E-state index is -1.07.